The minimum absolute atomic E-state index is 0. The molecule has 0 radical (unpaired) electrons. The van der Waals surface area contributed by atoms with Gasteiger partial charge in [-0.05, 0) is 29.4 Å². The third kappa shape index (κ3) is 6.04. The third-order valence-electron chi connectivity index (χ3n) is 3.91. The van der Waals surface area contributed by atoms with Crippen LogP contribution in [0.4, 0.5) is 0 Å². The van der Waals surface area contributed by atoms with Crippen molar-refractivity contribution in [2.75, 3.05) is 0 Å². The fourth-order valence-electron chi connectivity index (χ4n) is 2.72. The van der Waals surface area contributed by atoms with Crippen molar-refractivity contribution in [1.82, 2.24) is 0 Å². The van der Waals surface area contributed by atoms with Crippen LogP contribution < -0.4 is 0 Å². The molecule has 0 heterocycles. The zero-order valence-corrected chi connectivity index (χ0v) is 12.1. The Morgan fingerprint density at radius 3 is 0.958 bits per heavy atom. The smallest absolute Gasteiger partial charge is 0.00868 e. The molecule has 1 aliphatic carbocycles. The first-order chi connectivity index (χ1) is 10.4. The summed E-state index contributed by atoms with van der Waals surface area (Å²) >= 11 is 0. The Balaban J connectivity index is 0.000000511. The van der Waals surface area contributed by atoms with Crippen LogP contribution in [0.25, 0.3) is 0 Å². The molecule has 1 fully saturated rings. The predicted molar refractivity (Wildman–Crippen MR) is 110 cm³/mol. The van der Waals surface area contributed by atoms with Crippen LogP contribution >= 0.6 is 0 Å². The predicted octanol–water partition coefficient (Wildman–Crippen LogP) is 7.55. The van der Waals surface area contributed by atoms with Gasteiger partial charge in [0, 0.05) is 0 Å². The first-order valence-corrected chi connectivity index (χ1v) is 7.55. The van der Waals surface area contributed by atoms with E-state index < -0.39 is 0 Å². The van der Waals surface area contributed by atoms with Gasteiger partial charge >= 0.3 is 0 Å². The van der Waals surface area contributed by atoms with Crippen molar-refractivity contribution in [3.63, 3.8) is 0 Å². The van der Waals surface area contributed by atoms with Crippen LogP contribution in [0, 0.1) is 0 Å². The Labute approximate surface area is 149 Å². The average Bonchev–Trinajstić information content (AvgIpc) is 3.39. The highest BCUT2D eigenvalue weighted by atomic mass is 14.4. The summed E-state index contributed by atoms with van der Waals surface area (Å²) in [4.78, 5) is 0. The number of hydrogen-bond donors (Lipinski definition) is 0. The second-order valence-corrected chi connectivity index (χ2v) is 5.42. The molecule has 0 aliphatic heterocycles. The molecule has 0 bridgehead atoms. The van der Waals surface area contributed by atoms with Crippen molar-refractivity contribution >= 4 is 0 Å². The van der Waals surface area contributed by atoms with Crippen LogP contribution in [0.15, 0.2) is 97.1 Å². The van der Waals surface area contributed by atoms with E-state index in [0.717, 1.165) is 11.8 Å². The molecule has 128 valence electrons. The topological polar surface area (TPSA) is 0 Å². The number of benzene rings is 3. The molecule has 1 saturated carbocycles. The zero-order valence-electron chi connectivity index (χ0n) is 12.1. The van der Waals surface area contributed by atoms with Crippen LogP contribution in [0.3, 0.4) is 0 Å². The molecule has 0 amide bonds. The lowest BCUT2D eigenvalue weighted by atomic mass is 10.0. The highest BCUT2D eigenvalue weighted by molar-refractivity contribution is 5.35. The summed E-state index contributed by atoms with van der Waals surface area (Å²) in [6.07, 6.45) is 1.31. The molecular weight excluding hydrogens is 288 g/mol. The summed E-state index contributed by atoms with van der Waals surface area (Å²) in [5.41, 5.74) is 2.98. The van der Waals surface area contributed by atoms with E-state index in [1.54, 1.807) is 0 Å². The maximum atomic E-state index is 2.24. The molecular formula is C24H32. The minimum Gasteiger partial charge on any atom is -0.0776 e. The highest BCUT2D eigenvalue weighted by Crippen LogP contribution is 2.54. The molecule has 0 aromatic heterocycles. The molecule has 0 nitrogen and oxygen atoms in total. The Morgan fingerprint density at radius 2 is 0.667 bits per heavy atom. The van der Waals surface area contributed by atoms with Crippen LogP contribution in [0.2, 0.25) is 0 Å². The lowest BCUT2D eigenvalue weighted by Crippen LogP contribution is -1.82. The van der Waals surface area contributed by atoms with Crippen LogP contribution in [0.1, 0.15) is 51.7 Å². The molecule has 4 rings (SSSR count). The van der Waals surface area contributed by atoms with Gasteiger partial charge in [0.1, 0.15) is 0 Å². The molecule has 2 atom stereocenters. The molecule has 0 spiro atoms. The van der Waals surface area contributed by atoms with E-state index in [-0.39, 0.29) is 22.3 Å². The summed E-state index contributed by atoms with van der Waals surface area (Å²) in [7, 11) is 0. The lowest BCUT2D eigenvalue weighted by molar-refractivity contribution is 1.03. The van der Waals surface area contributed by atoms with E-state index in [4.69, 9.17) is 0 Å². The van der Waals surface area contributed by atoms with E-state index in [1.165, 1.54) is 17.5 Å². The summed E-state index contributed by atoms with van der Waals surface area (Å²) < 4.78 is 0. The van der Waals surface area contributed by atoms with E-state index in [9.17, 15) is 0 Å². The summed E-state index contributed by atoms with van der Waals surface area (Å²) in [5.74, 6) is 1.52. The van der Waals surface area contributed by atoms with Gasteiger partial charge in [0.25, 0.3) is 0 Å². The van der Waals surface area contributed by atoms with Gasteiger partial charge in [0.2, 0.25) is 0 Å². The largest absolute Gasteiger partial charge is 0.0776 e. The second-order valence-electron chi connectivity index (χ2n) is 5.42. The standard InChI is InChI=1S/C15H14.C6H6.3CH4/c1-3-7-12(8-4-1)14-11-15(14)13-9-5-2-6-10-13;1-2-4-6-5-3-1;;;/h1-10,14-15H,11H2;1-6H;3*1H4. The molecule has 0 saturated heterocycles. The molecule has 3 aromatic rings. The van der Waals surface area contributed by atoms with Gasteiger partial charge in [0.15, 0.2) is 0 Å². The fraction of sp³-hybridized carbons (Fsp3) is 0.250. The second kappa shape index (κ2) is 11.2. The van der Waals surface area contributed by atoms with Gasteiger partial charge in [-0.3, -0.25) is 0 Å². The van der Waals surface area contributed by atoms with Gasteiger partial charge in [-0.15, -0.1) is 0 Å². The minimum atomic E-state index is 0. The quantitative estimate of drug-likeness (QED) is 0.457. The molecule has 0 heteroatoms. The zero-order chi connectivity index (χ0) is 14.3. The Bertz CT molecular complexity index is 558. The van der Waals surface area contributed by atoms with Crippen molar-refractivity contribution in [3.05, 3.63) is 108 Å². The Hall–Kier alpha value is -2.34. The number of hydrogen-bond acceptors (Lipinski definition) is 0. The number of rotatable bonds is 2. The molecule has 3 aromatic carbocycles. The van der Waals surface area contributed by atoms with Gasteiger partial charge in [-0.1, -0.05) is 119 Å². The van der Waals surface area contributed by atoms with Crippen LogP contribution in [0.5, 0.6) is 0 Å². The highest BCUT2D eigenvalue weighted by Gasteiger charge is 2.38. The van der Waals surface area contributed by atoms with Crippen LogP contribution in [-0.4, -0.2) is 0 Å². The Morgan fingerprint density at radius 1 is 0.417 bits per heavy atom. The first kappa shape index (κ1) is 21.7. The van der Waals surface area contributed by atoms with Gasteiger partial charge in [-0.2, -0.15) is 0 Å². The van der Waals surface area contributed by atoms with Crippen molar-refractivity contribution < 1.29 is 0 Å². The lowest BCUT2D eigenvalue weighted by Gasteiger charge is -2.00. The van der Waals surface area contributed by atoms with Crippen molar-refractivity contribution in [3.8, 4) is 0 Å². The summed E-state index contributed by atoms with van der Waals surface area (Å²) in [6.45, 7) is 0. The Kier molecular flexibility index (Phi) is 10.1. The monoisotopic (exact) mass is 320 g/mol. The first-order valence-electron chi connectivity index (χ1n) is 7.55. The van der Waals surface area contributed by atoms with Gasteiger partial charge < -0.3 is 0 Å². The SMILES string of the molecule is C.C.C.c1ccc(C2CC2c2ccccc2)cc1.c1ccccc1. The maximum absolute atomic E-state index is 2.24. The van der Waals surface area contributed by atoms with E-state index in [0.29, 0.717) is 0 Å². The molecule has 2 unspecified atom stereocenters. The van der Waals surface area contributed by atoms with Crippen LogP contribution in [-0.2, 0) is 0 Å². The normalized spacial score (nSPS) is 16.8. The molecule has 0 N–H and O–H groups in total. The van der Waals surface area contributed by atoms with Gasteiger partial charge in [0.05, 0.1) is 0 Å². The molecule has 1 aliphatic rings. The summed E-state index contributed by atoms with van der Waals surface area (Å²) in [5, 5.41) is 0. The van der Waals surface area contributed by atoms with E-state index in [1.807, 2.05) is 36.4 Å². The van der Waals surface area contributed by atoms with Crippen molar-refractivity contribution in [2.24, 2.45) is 0 Å². The fourth-order valence-corrected chi connectivity index (χ4v) is 2.72. The molecule has 24 heavy (non-hydrogen) atoms. The third-order valence-corrected chi connectivity index (χ3v) is 3.91. The van der Waals surface area contributed by atoms with Gasteiger partial charge in [-0.25, -0.2) is 0 Å². The van der Waals surface area contributed by atoms with Crippen molar-refractivity contribution in [1.29, 1.82) is 0 Å². The van der Waals surface area contributed by atoms with E-state index in [2.05, 4.69) is 60.7 Å². The van der Waals surface area contributed by atoms with E-state index >= 15 is 0 Å². The van der Waals surface area contributed by atoms with Crippen molar-refractivity contribution in [2.45, 2.75) is 40.5 Å². The average molecular weight is 321 g/mol. The maximum Gasteiger partial charge on any atom is -0.00868 e. The summed E-state index contributed by atoms with van der Waals surface area (Å²) in [6, 6.07) is 33.7.